The molecule has 6 heteroatoms. The minimum absolute atomic E-state index is 0.147. The minimum Gasteiger partial charge on any atom is -0.409 e. The molecule has 1 aromatic carbocycles. The number of oxime groups is 1. The summed E-state index contributed by atoms with van der Waals surface area (Å²) in [4.78, 5) is 2.16. The van der Waals surface area contributed by atoms with Crippen LogP contribution in [0.4, 0.5) is 4.39 Å². The largest absolute Gasteiger partial charge is 0.409 e. The van der Waals surface area contributed by atoms with Crippen LogP contribution in [0.1, 0.15) is 17.5 Å². The molecule has 0 bridgehead atoms. The Hall–Kier alpha value is -1.27. The zero-order valence-corrected chi connectivity index (χ0v) is 11.7. The third kappa shape index (κ3) is 3.19. The number of hydrogen-bond donors (Lipinski definition) is 2. The van der Waals surface area contributed by atoms with Gasteiger partial charge in [0.05, 0.1) is 5.56 Å². The second-order valence-electron chi connectivity index (χ2n) is 4.70. The van der Waals surface area contributed by atoms with Gasteiger partial charge in [-0.1, -0.05) is 17.3 Å². The number of halogens is 1. The topological polar surface area (TPSA) is 61.8 Å². The van der Waals surface area contributed by atoms with E-state index >= 15 is 0 Å². The van der Waals surface area contributed by atoms with Crippen LogP contribution in [0.3, 0.4) is 0 Å². The Balaban J connectivity index is 2.16. The van der Waals surface area contributed by atoms with Crippen molar-refractivity contribution in [3.63, 3.8) is 0 Å². The lowest BCUT2D eigenvalue weighted by atomic mass is 10.1. The summed E-state index contributed by atoms with van der Waals surface area (Å²) < 4.78 is 14.3. The molecule has 0 aliphatic carbocycles. The van der Waals surface area contributed by atoms with E-state index in [4.69, 9.17) is 10.9 Å². The van der Waals surface area contributed by atoms with Crippen LogP contribution in [0.5, 0.6) is 0 Å². The standard InChI is InChI=1S/C13H18FN3OS/c1-17(10-5-6-19-8-10)7-9-3-2-4-11(12(9)14)13(15)16-18/h2-4,10,18H,5-8H2,1H3,(H2,15,16). The van der Waals surface area contributed by atoms with Gasteiger partial charge in [0.25, 0.3) is 0 Å². The van der Waals surface area contributed by atoms with E-state index in [0.29, 0.717) is 18.2 Å². The maximum Gasteiger partial charge on any atom is 0.173 e. The van der Waals surface area contributed by atoms with E-state index in [9.17, 15) is 4.39 Å². The Morgan fingerprint density at radius 2 is 2.42 bits per heavy atom. The minimum atomic E-state index is -0.407. The summed E-state index contributed by atoms with van der Waals surface area (Å²) in [5, 5.41) is 11.5. The maximum atomic E-state index is 14.3. The van der Waals surface area contributed by atoms with E-state index in [-0.39, 0.29) is 11.4 Å². The Labute approximate surface area is 116 Å². The molecule has 4 nitrogen and oxygen atoms in total. The summed E-state index contributed by atoms with van der Waals surface area (Å²) in [6.45, 7) is 0.531. The van der Waals surface area contributed by atoms with Crippen LogP contribution in [0, 0.1) is 5.82 Å². The van der Waals surface area contributed by atoms with Crippen molar-refractivity contribution in [2.45, 2.75) is 19.0 Å². The molecule has 0 radical (unpaired) electrons. The van der Waals surface area contributed by atoms with Crippen molar-refractivity contribution in [3.05, 3.63) is 35.1 Å². The summed E-state index contributed by atoms with van der Waals surface area (Å²) in [5.74, 6) is 1.66. The highest BCUT2D eigenvalue weighted by Gasteiger charge is 2.21. The van der Waals surface area contributed by atoms with Gasteiger partial charge in [-0.2, -0.15) is 11.8 Å². The van der Waals surface area contributed by atoms with Gasteiger partial charge >= 0.3 is 0 Å². The Morgan fingerprint density at radius 1 is 1.63 bits per heavy atom. The van der Waals surface area contributed by atoms with Crippen molar-refractivity contribution in [2.75, 3.05) is 18.6 Å². The van der Waals surface area contributed by atoms with Gasteiger partial charge in [0.15, 0.2) is 5.84 Å². The molecule has 1 aromatic rings. The molecule has 104 valence electrons. The monoisotopic (exact) mass is 283 g/mol. The normalized spacial score (nSPS) is 20.2. The molecule has 1 atom stereocenters. The van der Waals surface area contributed by atoms with Crippen molar-refractivity contribution < 1.29 is 9.60 Å². The van der Waals surface area contributed by atoms with Gasteiger partial charge in [0.1, 0.15) is 5.82 Å². The van der Waals surface area contributed by atoms with Crippen molar-refractivity contribution in [1.29, 1.82) is 0 Å². The number of benzene rings is 1. The molecule has 0 amide bonds. The molecular formula is C13H18FN3OS. The summed E-state index contributed by atoms with van der Waals surface area (Å²) in [6.07, 6.45) is 1.14. The molecule has 0 saturated carbocycles. The Morgan fingerprint density at radius 3 is 3.05 bits per heavy atom. The molecule has 0 aromatic heterocycles. The van der Waals surface area contributed by atoms with Gasteiger partial charge < -0.3 is 10.9 Å². The zero-order chi connectivity index (χ0) is 13.8. The third-order valence-corrected chi connectivity index (χ3v) is 4.56. The van der Waals surface area contributed by atoms with Crippen LogP contribution in [0.2, 0.25) is 0 Å². The van der Waals surface area contributed by atoms with Crippen molar-refractivity contribution in [1.82, 2.24) is 4.90 Å². The smallest absolute Gasteiger partial charge is 0.173 e. The first kappa shape index (κ1) is 14.1. The number of hydrogen-bond acceptors (Lipinski definition) is 4. The number of rotatable bonds is 4. The zero-order valence-electron chi connectivity index (χ0n) is 10.8. The fourth-order valence-electron chi connectivity index (χ4n) is 2.22. The van der Waals surface area contributed by atoms with Gasteiger partial charge in [-0.15, -0.1) is 0 Å². The SMILES string of the molecule is CN(Cc1cccc(/C(N)=N/O)c1F)C1CCSC1. The molecule has 3 N–H and O–H groups in total. The first-order valence-electron chi connectivity index (χ1n) is 6.16. The first-order chi connectivity index (χ1) is 9.13. The summed E-state index contributed by atoms with van der Waals surface area (Å²) in [7, 11) is 2.01. The molecule has 1 aliphatic rings. The predicted molar refractivity (Wildman–Crippen MR) is 76.1 cm³/mol. The first-order valence-corrected chi connectivity index (χ1v) is 7.32. The molecule has 1 fully saturated rings. The lowest BCUT2D eigenvalue weighted by Gasteiger charge is -2.24. The molecule has 1 saturated heterocycles. The molecule has 19 heavy (non-hydrogen) atoms. The third-order valence-electron chi connectivity index (χ3n) is 3.41. The maximum absolute atomic E-state index is 14.3. The molecule has 1 aliphatic heterocycles. The van der Waals surface area contributed by atoms with Crippen LogP contribution >= 0.6 is 11.8 Å². The van der Waals surface area contributed by atoms with Crippen LogP contribution in [-0.4, -0.2) is 40.5 Å². The van der Waals surface area contributed by atoms with Gasteiger partial charge in [-0.3, -0.25) is 4.90 Å². The van der Waals surface area contributed by atoms with E-state index in [1.165, 1.54) is 11.8 Å². The average molecular weight is 283 g/mol. The molecular weight excluding hydrogens is 265 g/mol. The molecule has 1 unspecified atom stereocenters. The van der Waals surface area contributed by atoms with Crippen LogP contribution in [0.25, 0.3) is 0 Å². The number of amidine groups is 1. The predicted octanol–water partition coefficient (Wildman–Crippen LogP) is 1.86. The van der Waals surface area contributed by atoms with Crippen LogP contribution < -0.4 is 5.73 Å². The van der Waals surface area contributed by atoms with E-state index in [1.807, 2.05) is 18.8 Å². The lowest BCUT2D eigenvalue weighted by Crippen LogP contribution is -2.31. The summed E-state index contributed by atoms with van der Waals surface area (Å²) >= 11 is 1.93. The lowest BCUT2D eigenvalue weighted by molar-refractivity contribution is 0.251. The van der Waals surface area contributed by atoms with E-state index in [2.05, 4.69) is 10.1 Å². The van der Waals surface area contributed by atoms with E-state index in [1.54, 1.807) is 12.1 Å². The Kier molecular flexibility index (Phi) is 4.66. The van der Waals surface area contributed by atoms with Gasteiger partial charge in [0.2, 0.25) is 0 Å². The Bertz CT molecular complexity index is 475. The van der Waals surface area contributed by atoms with Crippen molar-refractivity contribution in [3.8, 4) is 0 Å². The average Bonchev–Trinajstić information content (AvgIpc) is 2.94. The quantitative estimate of drug-likeness (QED) is 0.383. The second kappa shape index (κ2) is 6.25. The molecule has 0 spiro atoms. The van der Waals surface area contributed by atoms with Crippen molar-refractivity contribution in [2.24, 2.45) is 10.9 Å². The number of nitrogens with zero attached hydrogens (tertiary/aromatic N) is 2. The molecule has 2 rings (SSSR count). The van der Waals surface area contributed by atoms with E-state index < -0.39 is 5.82 Å². The van der Waals surface area contributed by atoms with E-state index in [0.717, 1.165) is 12.2 Å². The highest BCUT2D eigenvalue weighted by Crippen LogP contribution is 2.23. The van der Waals surface area contributed by atoms with Crippen molar-refractivity contribution >= 4 is 17.6 Å². The highest BCUT2D eigenvalue weighted by atomic mass is 32.2. The fraction of sp³-hybridized carbons (Fsp3) is 0.462. The van der Waals surface area contributed by atoms with Crippen LogP contribution in [-0.2, 0) is 6.54 Å². The molecule has 1 heterocycles. The summed E-state index contributed by atoms with van der Waals surface area (Å²) in [6, 6.07) is 5.47. The highest BCUT2D eigenvalue weighted by molar-refractivity contribution is 7.99. The van der Waals surface area contributed by atoms with Gasteiger partial charge in [-0.05, 0) is 25.3 Å². The van der Waals surface area contributed by atoms with Gasteiger partial charge in [-0.25, -0.2) is 4.39 Å². The summed E-state index contributed by atoms with van der Waals surface area (Å²) in [5.41, 5.74) is 6.18. The van der Waals surface area contributed by atoms with Crippen LogP contribution in [0.15, 0.2) is 23.4 Å². The number of thioether (sulfide) groups is 1. The van der Waals surface area contributed by atoms with Gasteiger partial charge in [0, 0.05) is 23.9 Å². The second-order valence-corrected chi connectivity index (χ2v) is 5.85. The fourth-order valence-corrected chi connectivity index (χ4v) is 3.52. The number of nitrogens with two attached hydrogens (primary N) is 1.